The Morgan fingerprint density at radius 1 is 0.971 bits per heavy atom. The van der Waals surface area contributed by atoms with Crippen molar-refractivity contribution in [3.8, 4) is 10.7 Å². The van der Waals surface area contributed by atoms with Crippen molar-refractivity contribution in [1.82, 2.24) is 19.3 Å². The summed E-state index contributed by atoms with van der Waals surface area (Å²) in [5.41, 5.74) is 2.36. The lowest BCUT2D eigenvalue weighted by molar-refractivity contribution is 0.382. The molecule has 2 aromatic carbocycles. The average molecular weight is 511 g/mol. The maximum Gasteiger partial charge on any atom is 0.243 e. The summed E-state index contributed by atoms with van der Waals surface area (Å²) in [6, 6.07) is 14.7. The minimum atomic E-state index is -3.57. The summed E-state index contributed by atoms with van der Waals surface area (Å²) in [7, 11) is -3.57. The van der Waals surface area contributed by atoms with E-state index in [1.165, 1.54) is 27.8 Å². The van der Waals surface area contributed by atoms with Crippen LogP contribution in [0.5, 0.6) is 0 Å². The molecule has 2 aromatic heterocycles. The molecule has 35 heavy (non-hydrogen) atoms. The highest BCUT2D eigenvalue weighted by molar-refractivity contribution is 7.89. The lowest BCUT2D eigenvalue weighted by atomic mass is 10.2. The predicted molar refractivity (Wildman–Crippen MR) is 135 cm³/mol. The number of aromatic nitrogens is 3. The van der Waals surface area contributed by atoms with Gasteiger partial charge in [0.2, 0.25) is 16.0 Å². The number of nitrogens with zero attached hydrogens (tertiary/aromatic N) is 5. The summed E-state index contributed by atoms with van der Waals surface area (Å²) < 4.78 is 40.9. The third kappa shape index (κ3) is 5.16. The van der Waals surface area contributed by atoms with E-state index in [9.17, 15) is 12.8 Å². The van der Waals surface area contributed by atoms with E-state index in [1.807, 2.05) is 17.2 Å². The molecule has 1 saturated heterocycles. The average Bonchev–Trinajstić information content (AvgIpc) is 3.41. The Morgan fingerprint density at radius 2 is 1.69 bits per heavy atom. The molecule has 0 unspecified atom stereocenters. The topological polar surface area (TPSA) is 91.3 Å². The Bertz CT molecular complexity index is 1400. The molecule has 1 aliphatic heterocycles. The molecule has 0 spiro atoms. The van der Waals surface area contributed by atoms with Crippen LogP contribution < -0.4 is 10.2 Å². The number of aryl methyl sites for hydroxylation is 1. The fourth-order valence-corrected chi connectivity index (χ4v) is 5.79. The second-order valence-electron chi connectivity index (χ2n) is 8.11. The van der Waals surface area contributed by atoms with Crippen LogP contribution in [0.1, 0.15) is 5.56 Å². The Labute approximate surface area is 207 Å². The summed E-state index contributed by atoms with van der Waals surface area (Å²) in [6.45, 7) is 3.46. The number of halogens is 1. The minimum Gasteiger partial charge on any atom is -0.340 e. The SMILES string of the molecule is Cc1ccc(S(=O)(=O)N2CCN(c3nc(Nc4ccc(F)cc4)cc(-c4nccs4)n3)CC2)cc1. The molecule has 1 N–H and O–H groups in total. The first-order valence-corrected chi connectivity index (χ1v) is 13.3. The van der Waals surface area contributed by atoms with E-state index in [0.717, 1.165) is 10.6 Å². The first kappa shape index (κ1) is 23.3. The molecule has 0 saturated carbocycles. The number of sulfonamides is 1. The van der Waals surface area contributed by atoms with Crippen molar-refractivity contribution in [2.75, 3.05) is 36.4 Å². The number of hydrogen-bond acceptors (Lipinski definition) is 8. The van der Waals surface area contributed by atoms with Gasteiger partial charge in [0.25, 0.3) is 0 Å². The second kappa shape index (κ2) is 9.68. The van der Waals surface area contributed by atoms with Crippen molar-refractivity contribution < 1.29 is 12.8 Å². The lowest BCUT2D eigenvalue weighted by Crippen LogP contribution is -2.49. The molecule has 180 valence electrons. The van der Waals surface area contributed by atoms with E-state index >= 15 is 0 Å². The number of rotatable bonds is 6. The van der Waals surface area contributed by atoms with Gasteiger partial charge in [0, 0.05) is 49.5 Å². The van der Waals surface area contributed by atoms with Crippen LogP contribution in [0.15, 0.2) is 71.1 Å². The fraction of sp³-hybridized carbons (Fsp3) is 0.208. The van der Waals surface area contributed by atoms with E-state index in [0.29, 0.717) is 54.2 Å². The summed E-state index contributed by atoms with van der Waals surface area (Å²) >= 11 is 1.47. The first-order valence-electron chi connectivity index (χ1n) is 11.0. The number of hydrogen-bond donors (Lipinski definition) is 1. The Hall–Kier alpha value is -3.41. The number of piperazine rings is 1. The fourth-order valence-electron chi connectivity index (χ4n) is 3.77. The van der Waals surface area contributed by atoms with Gasteiger partial charge < -0.3 is 10.2 Å². The van der Waals surface area contributed by atoms with Crippen LogP contribution in [-0.4, -0.2) is 53.9 Å². The van der Waals surface area contributed by atoms with Gasteiger partial charge in [0.05, 0.1) is 4.90 Å². The Kier molecular flexibility index (Phi) is 6.46. The Morgan fingerprint density at radius 3 is 2.34 bits per heavy atom. The van der Waals surface area contributed by atoms with E-state index < -0.39 is 10.0 Å². The van der Waals surface area contributed by atoms with Crippen LogP contribution in [0.25, 0.3) is 10.7 Å². The molecular formula is C24H23FN6O2S2. The number of benzene rings is 2. The number of thiazole rings is 1. The van der Waals surface area contributed by atoms with Crippen molar-refractivity contribution in [2.24, 2.45) is 0 Å². The van der Waals surface area contributed by atoms with Crippen LogP contribution in [0.2, 0.25) is 0 Å². The van der Waals surface area contributed by atoms with Crippen LogP contribution in [-0.2, 0) is 10.0 Å². The lowest BCUT2D eigenvalue weighted by Gasteiger charge is -2.34. The summed E-state index contributed by atoms with van der Waals surface area (Å²) in [5, 5.41) is 5.82. The maximum atomic E-state index is 13.3. The zero-order chi connectivity index (χ0) is 24.4. The molecule has 3 heterocycles. The number of anilines is 3. The third-order valence-corrected chi connectivity index (χ3v) is 8.37. The molecule has 0 atom stereocenters. The van der Waals surface area contributed by atoms with Crippen molar-refractivity contribution in [1.29, 1.82) is 0 Å². The van der Waals surface area contributed by atoms with Crippen LogP contribution in [0.4, 0.5) is 21.8 Å². The summed E-state index contributed by atoms with van der Waals surface area (Å²) in [4.78, 5) is 16.0. The van der Waals surface area contributed by atoms with E-state index in [-0.39, 0.29) is 5.82 Å². The molecule has 0 aliphatic carbocycles. The van der Waals surface area contributed by atoms with Crippen LogP contribution in [0.3, 0.4) is 0 Å². The van der Waals surface area contributed by atoms with Crippen molar-refractivity contribution in [2.45, 2.75) is 11.8 Å². The highest BCUT2D eigenvalue weighted by atomic mass is 32.2. The number of nitrogens with one attached hydrogen (secondary N) is 1. The van der Waals surface area contributed by atoms with Crippen molar-refractivity contribution in [3.63, 3.8) is 0 Å². The smallest absolute Gasteiger partial charge is 0.243 e. The molecule has 4 aromatic rings. The van der Waals surface area contributed by atoms with Crippen LogP contribution in [0, 0.1) is 12.7 Å². The van der Waals surface area contributed by atoms with Gasteiger partial charge in [0.1, 0.15) is 22.3 Å². The standard InChI is InChI=1S/C24H23FN6O2S2/c1-17-2-8-20(9-3-17)35(32,33)31-13-11-30(12-14-31)24-28-21(23-26-10-15-34-23)16-22(29-24)27-19-6-4-18(25)5-7-19/h2-10,15-16H,11-14H2,1H3,(H,27,28,29). The minimum absolute atomic E-state index is 0.296. The maximum absolute atomic E-state index is 13.3. The zero-order valence-electron chi connectivity index (χ0n) is 18.9. The second-order valence-corrected chi connectivity index (χ2v) is 10.9. The highest BCUT2D eigenvalue weighted by Crippen LogP contribution is 2.27. The molecule has 8 nitrogen and oxygen atoms in total. The zero-order valence-corrected chi connectivity index (χ0v) is 20.6. The largest absolute Gasteiger partial charge is 0.340 e. The molecule has 1 fully saturated rings. The van der Waals surface area contributed by atoms with Crippen molar-refractivity contribution >= 4 is 38.8 Å². The van der Waals surface area contributed by atoms with Crippen LogP contribution >= 0.6 is 11.3 Å². The van der Waals surface area contributed by atoms with Gasteiger partial charge >= 0.3 is 0 Å². The van der Waals surface area contributed by atoms with E-state index in [4.69, 9.17) is 4.98 Å². The van der Waals surface area contributed by atoms with Gasteiger partial charge in [0.15, 0.2) is 0 Å². The molecule has 11 heteroatoms. The first-order chi connectivity index (χ1) is 16.9. The quantitative estimate of drug-likeness (QED) is 0.413. The molecular weight excluding hydrogens is 487 g/mol. The van der Waals surface area contributed by atoms with Gasteiger partial charge in [-0.05, 0) is 43.3 Å². The molecule has 5 rings (SSSR count). The molecule has 0 radical (unpaired) electrons. The summed E-state index contributed by atoms with van der Waals surface area (Å²) in [6.07, 6.45) is 1.71. The molecule has 0 amide bonds. The monoisotopic (exact) mass is 510 g/mol. The van der Waals surface area contributed by atoms with Gasteiger partial charge in [-0.2, -0.15) is 9.29 Å². The normalized spacial score (nSPS) is 14.7. The van der Waals surface area contributed by atoms with E-state index in [1.54, 1.807) is 48.7 Å². The van der Waals surface area contributed by atoms with Gasteiger partial charge in [-0.25, -0.2) is 22.8 Å². The third-order valence-electron chi connectivity index (χ3n) is 5.66. The van der Waals surface area contributed by atoms with Gasteiger partial charge in [-0.3, -0.25) is 0 Å². The predicted octanol–water partition coefficient (Wildman–Crippen LogP) is 4.30. The van der Waals surface area contributed by atoms with E-state index in [2.05, 4.69) is 15.3 Å². The van der Waals surface area contributed by atoms with Gasteiger partial charge in [-0.15, -0.1) is 11.3 Å². The molecule has 1 aliphatic rings. The summed E-state index contributed by atoms with van der Waals surface area (Å²) in [5.74, 6) is 0.706. The molecule has 0 bridgehead atoms. The van der Waals surface area contributed by atoms with Gasteiger partial charge in [-0.1, -0.05) is 17.7 Å². The Balaban J connectivity index is 1.38. The van der Waals surface area contributed by atoms with Crippen molar-refractivity contribution in [3.05, 3.63) is 77.6 Å². The highest BCUT2D eigenvalue weighted by Gasteiger charge is 2.29.